The van der Waals surface area contributed by atoms with Gasteiger partial charge in [-0.1, -0.05) is 67.6 Å². The summed E-state index contributed by atoms with van der Waals surface area (Å²) in [6, 6.07) is 11.9. The van der Waals surface area contributed by atoms with Crippen molar-refractivity contribution in [2.75, 3.05) is 0 Å². The first kappa shape index (κ1) is 13.9. The molecule has 0 heterocycles. The monoisotopic (exact) mass is 288 g/mol. The predicted octanol–water partition coefficient (Wildman–Crippen LogP) is 5.50. The third-order valence-electron chi connectivity index (χ3n) is 4.59. The van der Waals surface area contributed by atoms with Crippen LogP contribution in [0.4, 0.5) is 0 Å². The second-order valence-corrected chi connectivity index (χ2v) is 6.33. The maximum atomic E-state index is 10.5. The minimum Gasteiger partial charge on any atom is -0.388 e. The van der Waals surface area contributed by atoms with Gasteiger partial charge in [0.25, 0.3) is 0 Å². The molecule has 2 aromatic rings. The number of hydrogen-bond acceptors (Lipinski definition) is 1. The number of halogens is 1. The number of hydrogen-bond donors (Lipinski definition) is 1. The SMILES string of the molecule is OC(CCC1CCCC1)c1ccc(Cl)c2ccccc12. The lowest BCUT2D eigenvalue weighted by atomic mass is 9.93. The highest BCUT2D eigenvalue weighted by Crippen LogP contribution is 2.34. The predicted molar refractivity (Wildman–Crippen MR) is 85.1 cm³/mol. The summed E-state index contributed by atoms with van der Waals surface area (Å²) in [5.41, 5.74) is 1.02. The van der Waals surface area contributed by atoms with Crippen LogP contribution in [0.3, 0.4) is 0 Å². The molecule has 1 saturated carbocycles. The number of aliphatic hydroxyl groups excluding tert-OH is 1. The van der Waals surface area contributed by atoms with Crippen molar-refractivity contribution in [2.45, 2.75) is 44.6 Å². The summed E-state index contributed by atoms with van der Waals surface area (Å²) in [7, 11) is 0. The van der Waals surface area contributed by atoms with E-state index in [1.807, 2.05) is 30.3 Å². The molecule has 0 bridgehead atoms. The van der Waals surface area contributed by atoms with Crippen molar-refractivity contribution >= 4 is 22.4 Å². The molecule has 2 aromatic carbocycles. The van der Waals surface area contributed by atoms with Crippen LogP contribution in [-0.2, 0) is 0 Å². The van der Waals surface area contributed by atoms with Gasteiger partial charge in [-0.25, -0.2) is 0 Å². The summed E-state index contributed by atoms with van der Waals surface area (Å²) in [5.74, 6) is 0.822. The number of aliphatic hydroxyl groups is 1. The lowest BCUT2D eigenvalue weighted by molar-refractivity contribution is 0.158. The fourth-order valence-corrected chi connectivity index (χ4v) is 3.65. The molecule has 1 atom stereocenters. The van der Waals surface area contributed by atoms with Gasteiger partial charge < -0.3 is 5.11 Å². The quantitative estimate of drug-likeness (QED) is 0.788. The first-order valence-electron chi connectivity index (χ1n) is 7.61. The maximum Gasteiger partial charge on any atom is 0.0796 e. The second kappa shape index (κ2) is 6.15. The molecule has 0 radical (unpaired) electrons. The van der Waals surface area contributed by atoms with E-state index in [0.29, 0.717) is 0 Å². The summed E-state index contributed by atoms with van der Waals surface area (Å²) in [4.78, 5) is 0. The molecule has 0 saturated heterocycles. The van der Waals surface area contributed by atoms with Crippen molar-refractivity contribution in [3.05, 3.63) is 47.0 Å². The van der Waals surface area contributed by atoms with Crippen LogP contribution in [0.25, 0.3) is 10.8 Å². The fourth-order valence-electron chi connectivity index (χ4n) is 3.42. The molecule has 0 spiro atoms. The van der Waals surface area contributed by atoms with Crippen LogP contribution < -0.4 is 0 Å². The van der Waals surface area contributed by atoms with Crippen molar-refractivity contribution in [3.63, 3.8) is 0 Å². The van der Waals surface area contributed by atoms with Gasteiger partial charge in [-0.3, -0.25) is 0 Å². The molecule has 1 aliphatic rings. The molecular formula is C18H21ClO. The summed E-state index contributed by atoms with van der Waals surface area (Å²) in [6.45, 7) is 0. The molecule has 2 heteroatoms. The molecule has 0 aromatic heterocycles. The summed E-state index contributed by atoms with van der Waals surface area (Å²) in [5, 5.41) is 13.4. The number of fused-ring (bicyclic) bond motifs is 1. The maximum absolute atomic E-state index is 10.5. The van der Waals surface area contributed by atoms with Crippen molar-refractivity contribution in [2.24, 2.45) is 5.92 Å². The van der Waals surface area contributed by atoms with E-state index in [0.717, 1.165) is 40.1 Å². The van der Waals surface area contributed by atoms with Crippen molar-refractivity contribution < 1.29 is 5.11 Å². The van der Waals surface area contributed by atoms with Crippen molar-refractivity contribution in [1.29, 1.82) is 0 Å². The zero-order chi connectivity index (χ0) is 13.9. The van der Waals surface area contributed by atoms with Gasteiger partial charge in [-0.05, 0) is 35.8 Å². The average Bonchev–Trinajstić information content (AvgIpc) is 2.99. The first-order chi connectivity index (χ1) is 9.75. The Hall–Kier alpha value is -1.05. The molecule has 1 N–H and O–H groups in total. The molecule has 3 rings (SSSR count). The highest BCUT2D eigenvalue weighted by atomic mass is 35.5. The fraction of sp³-hybridized carbons (Fsp3) is 0.444. The number of benzene rings is 2. The Labute approximate surface area is 125 Å². The van der Waals surface area contributed by atoms with Crippen LogP contribution in [0.5, 0.6) is 0 Å². The normalized spacial score (nSPS) is 17.7. The Kier molecular flexibility index (Phi) is 4.28. The highest BCUT2D eigenvalue weighted by molar-refractivity contribution is 6.35. The second-order valence-electron chi connectivity index (χ2n) is 5.93. The zero-order valence-corrected chi connectivity index (χ0v) is 12.4. The van der Waals surface area contributed by atoms with Gasteiger partial charge in [-0.2, -0.15) is 0 Å². The van der Waals surface area contributed by atoms with E-state index >= 15 is 0 Å². The summed E-state index contributed by atoms with van der Waals surface area (Å²) < 4.78 is 0. The topological polar surface area (TPSA) is 20.2 Å². The van der Waals surface area contributed by atoms with Crippen molar-refractivity contribution in [3.8, 4) is 0 Å². The van der Waals surface area contributed by atoms with Gasteiger partial charge in [0.05, 0.1) is 6.10 Å². The molecule has 20 heavy (non-hydrogen) atoms. The minimum atomic E-state index is -0.377. The van der Waals surface area contributed by atoms with E-state index in [1.165, 1.54) is 25.7 Å². The van der Waals surface area contributed by atoms with E-state index in [-0.39, 0.29) is 6.10 Å². The third kappa shape index (κ3) is 2.84. The van der Waals surface area contributed by atoms with Gasteiger partial charge in [0.1, 0.15) is 0 Å². The number of rotatable bonds is 4. The molecule has 0 aliphatic heterocycles. The molecule has 1 unspecified atom stereocenters. The molecule has 0 amide bonds. The Morgan fingerprint density at radius 2 is 1.75 bits per heavy atom. The third-order valence-corrected chi connectivity index (χ3v) is 4.92. The van der Waals surface area contributed by atoms with E-state index in [1.54, 1.807) is 0 Å². The standard InChI is InChI=1S/C18H21ClO/c19-17-11-10-16(14-7-3-4-8-15(14)17)18(20)12-9-13-5-1-2-6-13/h3-4,7-8,10-11,13,18,20H,1-2,5-6,9,12H2. The lowest BCUT2D eigenvalue weighted by Crippen LogP contribution is -2.02. The van der Waals surface area contributed by atoms with E-state index < -0.39 is 0 Å². The molecular weight excluding hydrogens is 268 g/mol. The van der Waals surface area contributed by atoms with Crippen LogP contribution in [0, 0.1) is 5.92 Å². The molecule has 1 aliphatic carbocycles. The Morgan fingerprint density at radius 3 is 2.50 bits per heavy atom. The van der Waals surface area contributed by atoms with Crippen molar-refractivity contribution in [1.82, 2.24) is 0 Å². The average molecular weight is 289 g/mol. The zero-order valence-electron chi connectivity index (χ0n) is 11.7. The van der Waals surface area contributed by atoms with Gasteiger partial charge in [-0.15, -0.1) is 0 Å². The highest BCUT2D eigenvalue weighted by Gasteiger charge is 2.18. The lowest BCUT2D eigenvalue weighted by Gasteiger charge is -2.16. The van der Waals surface area contributed by atoms with Crippen LogP contribution in [0.15, 0.2) is 36.4 Å². The van der Waals surface area contributed by atoms with Gasteiger partial charge >= 0.3 is 0 Å². The van der Waals surface area contributed by atoms with E-state index in [2.05, 4.69) is 6.07 Å². The minimum absolute atomic E-state index is 0.377. The van der Waals surface area contributed by atoms with Crippen LogP contribution in [-0.4, -0.2) is 5.11 Å². The van der Waals surface area contributed by atoms with Crippen LogP contribution in [0.2, 0.25) is 5.02 Å². The van der Waals surface area contributed by atoms with E-state index in [9.17, 15) is 5.11 Å². The largest absolute Gasteiger partial charge is 0.388 e. The summed E-state index contributed by atoms with van der Waals surface area (Å²) >= 11 is 6.23. The molecule has 106 valence electrons. The first-order valence-corrected chi connectivity index (χ1v) is 7.98. The molecule has 1 fully saturated rings. The van der Waals surface area contributed by atoms with E-state index in [4.69, 9.17) is 11.6 Å². The Bertz CT molecular complexity index is 587. The van der Waals surface area contributed by atoms with Crippen LogP contribution >= 0.6 is 11.6 Å². The van der Waals surface area contributed by atoms with Gasteiger partial charge in [0.2, 0.25) is 0 Å². The van der Waals surface area contributed by atoms with Crippen LogP contribution in [0.1, 0.15) is 50.2 Å². The Balaban J connectivity index is 1.80. The molecule has 1 nitrogen and oxygen atoms in total. The summed E-state index contributed by atoms with van der Waals surface area (Å²) in [6.07, 6.45) is 7.03. The van der Waals surface area contributed by atoms with Gasteiger partial charge in [0.15, 0.2) is 0 Å². The smallest absolute Gasteiger partial charge is 0.0796 e. The Morgan fingerprint density at radius 1 is 1.05 bits per heavy atom. The van der Waals surface area contributed by atoms with Gasteiger partial charge in [0, 0.05) is 10.4 Å².